The van der Waals surface area contributed by atoms with Crippen molar-refractivity contribution in [1.29, 1.82) is 0 Å². The van der Waals surface area contributed by atoms with Crippen LogP contribution in [0.15, 0.2) is 22.7 Å². The van der Waals surface area contributed by atoms with Crippen molar-refractivity contribution in [2.45, 2.75) is 45.1 Å². The topological polar surface area (TPSA) is 46.5 Å². The number of rotatable bonds is 4. The van der Waals surface area contributed by atoms with E-state index in [-0.39, 0.29) is 11.7 Å². The van der Waals surface area contributed by atoms with Crippen molar-refractivity contribution in [3.05, 3.63) is 28.2 Å². The van der Waals surface area contributed by atoms with Gasteiger partial charge in [0.15, 0.2) is 0 Å². The van der Waals surface area contributed by atoms with Crippen molar-refractivity contribution in [2.24, 2.45) is 5.92 Å². The van der Waals surface area contributed by atoms with Gasteiger partial charge in [-0.1, -0.05) is 19.4 Å². The van der Waals surface area contributed by atoms with E-state index in [9.17, 15) is 9.90 Å². The van der Waals surface area contributed by atoms with E-state index in [1.165, 1.54) is 19.3 Å². The smallest absolute Gasteiger partial charge is 0.339 e. The van der Waals surface area contributed by atoms with Gasteiger partial charge in [0.2, 0.25) is 0 Å². The van der Waals surface area contributed by atoms with Gasteiger partial charge in [-0.25, -0.2) is 4.79 Å². The van der Waals surface area contributed by atoms with Crippen molar-refractivity contribution in [3.63, 3.8) is 0 Å². The Labute approximate surface area is 122 Å². The number of carbonyl (C=O) groups is 1. The lowest BCUT2D eigenvalue weighted by atomic mass is 9.86. The molecule has 1 saturated carbocycles. The number of hydrogen-bond donors (Lipinski definition) is 1. The zero-order valence-electron chi connectivity index (χ0n) is 11.1. The Hall–Kier alpha value is -1.03. The largest absolute Gasteiger partial charge is 0.488 e. The summed E-state index contributed by atoms with van der Waals surface area (Å²) in [5.41, 5.74) is 0.229. The molecule has 0 bridgehead atoms. The van der Waals surface area contributed by atoms with Gasteiger partial charge in [0, 0.05) is 0 Å². The summed E-state index contributed by atoms with van der Waals surface area (Å²) in [6.45, 7) is 2.22. The Bertz CT molecular complexity index is 451. The Balaban J connectivity index is 2.09. The van der Waals surface area contributed by atoms with Gasteiger partial charge in [0.05, 0.1) is 10.6 Å². The molecule has 1 fully saturated rings. The number of halogens is 1. The first-order valence-electron chi connectivity index (χ1n) is 6.80. The van der Waals surface area contributed by atoms with E-state index < -0.39 is 5.97 Å². The summed E-state index contributed by atoms with van der Waals surface area (Å²) in [6, 6.07) is 5.12. The van der Waals surface area contributed by atoms with Crippen molar-refractivity contribution < 1.29 is 14.6 Å². The second kappa shape index (κ2) is 6.42. The molecule has 0 amide bonds. The third-order valence-electron chi connectivity index (χ3n) is 3.85. The Morgan fingerprint density at radius 1 is 1.37 bits per heavy atom. The molecule has 2 rings (SSSR count). The molecular formula is C15H19BrO3. The lowest BCUT2D eigenvalue weighted by molar-refractivity contribution is 0.0683. The van der Waals surface area contributed by atoms with Gasteiger partial charge < -0.3 is 9.84 Å². The van der Waals surface area contributed by atoms with E-state index >= 15 is 0 Å². The van der Waals surface area contributed by atoms with Gasteiger partial charge in [-0.3, -0.25) is 0 Å². The van der Waals surface area contributed by atoms with Crippen LogP contribution in [0.1, 0.15) is 49.4 Å². The summed E-state index contributed by atoms with van der Waals surface area (Å²) < 4.78 is 6.66. The molecule has 1 aliphatic rings. The minimum atomic E-state index is -0.946. The monoisotopic (exact) mass is 326 g/mol. The number of hydrogen-bond acceptors (Lipinski definition) is 2. The highest BCUT2D eigenvalue weighted by Gasteiger charge is 2.24. The minimum Gasteiger partial charge on any atom is -0.488 e. The molecule has 1 aromatic rings. The number of ether oxygens (including phenoxy) is 1. The lowest BCUT2D eigenvalue weighted by Gasteiger charge is -2.29. The molecule has 3 nitrogen and oxygen atoms in total. The number of carboxylic acid groups (broad SMARTS) is 1. The zero-order valence-corrected chi connectivity index (χ0v) is 12.6. The van der Waals surface area contributed by atoms with Gasteiger partial charge in [-0.15, -0.1) is 0 Å². The zero-order chi connectivity index (χ0) is 13.8. The molecule has 0 radical (unpaired) electrons. The fourth-order valence-electron chi connectivity index (χ4n) is 2.62. The van der Waals surface area contributed by atoms with E-state index in [1.54, 1.807) is 12.1 Å². The molecule has 0 heterocycles. The summed E-state index contributed by atoms with van der Waals surface area (Å²) in [6.07, 6.45) is 5.74. The minimum absolute atomic E-state index is 0.139. The molecular weight excluding hydrogens is 308 g/mol. The third kappa shape index (κ3) is 3.50. The fourth-order valence-corrected chi connectivity index (χ4v) is 3.08. The third-order valence-corrected chi connectivity index (χ3v) is 4.48. The second-order valence-electron chi connectivity index (χ2n) is 5.09. The Morgan fingerprint density at radius 2 is 2.05 bits per heavy atom. The first kappa shape index (κ1) is 14.4. The van der Waals surface area contributed by atoms with Crippen LogP contribution in [0.25, 0.3) is 0 Å². The summed E-state index contributed by atoms with van der Waals surface area (Å²) in [4.78, 5) is 11.2. The maximum atomic E-state index is 11.2. The predicted molar refractivity (Wildman–Crippen MR) is 77.8 cm³/mol. The molecule has 0 saturated heterocycles. The highest BCUT2D eigenvalue weighted by molar-refractivity contribution is 9.10. The van der Waals surface area contributed by atoms with Crippen LogP contribution in [0, 0.1) is 5.92 Å². The first-order valence-corrected chi connectivity index (χ1v) is 7.59. The van der Waals surface area contributed by atoms with E-state index in [1.807, 2.05) is 6.07 Å². The van der Waals surface area contributed by atoms with Gasteiger partial charge >= 0.3 is 5.97 Å². The molecule has 1 N–H and O–H groups in total. The molecule has 0 spiro atoms. The number of para-hydroxylation sites is 1. The van der Waals surface area contributed by atoms with Crippen molar-refractivity contribution in [2.75, 3.05) is 0 Å². The quantitative estimate of drug-likeness (QED) is 0.886. The number of carboxylic acids is 1. The molecule has 1 aliphatic carbocycles. The summed E-state index contributed by atoms with van der Waals surface area (Å²) in [7, 11) is 0. The Kier molecular flexibility index (Phi) is 4.86. The average molecular weight is 327 g/mol. The van der Waals surface area contributed by atoms with Gasteiger partial charge in [-0.05, 0) is 59.7 Å². The van der Waals surface area contributed by atoms with Crippen LogP contribution in [0.5, 0.6) is 5.75 Å². The lowest BCUT2D eigenvalue weighted by Crippen LogP contribution is -2.24. The van der Waals surface area contributed by atoms with Gasteiger partial charge in [0.25, 0.3) is 0 Å². The standard InChI is InChI=1S/C15H19BrO3/c1-2-10-6-8-11(9-7-10)19-14-12(15(17)18)4-3-5-13(14)16/h3-5,10-11H,2,6-9H2,1H3,(H,17,18). The molecule has 1 aromatic carbocycles. The van der Waals surface area contributed by atoms with Crippen molar-refractivity contribution >= 4 is 21.9 Å². The van der Waals surface area contributed by atoms with Crippen LogP contribution in [0.2, 0.25) is 0 Å². The van der Waals surface area contributed by atoms with Crippen LogP contribution < -0.4 is 4.74 Å². The first-order chi connectivity index (χ1) is 9.11. The van der Waals surface area contributed by atoms with Crippen molar-refractivity contribution in [3.8, 4) is 5.75 Å². The Morgan fingerprint density at radius 3 is 2.63 bits per heavy atom. The molecule has 19 heavy (non-hydrogen) atoms. The highest BCUT2D eigenvalue weighted by atomic mass is 79.9. The van der Waals surface area contributed by atoms with Crippen LogP contribution in [0.4, 0.5) is 0 Å². The van der Waals surface area contributed by atoms with Gasteiger partial charge in [0.1, 0.15) is 11.3 Å². The van der Waals surface area contributed by atoms with E-state index in [0.29, 0.717) is 10.2 Å². The maximum absolute atomic E-state index is 11.2. The molecule has 4 heteroatoms. The number of aromatic carboxylic acids is 1. The number of benzene rings is 1. The predicted octanol–water partition coefficient (Wildman–Crippen LogP) is 4.49. The average Bonchev–Trinajstić information content (AvgIpc) is 2.41. The van der Waals surface area contributed by atoms with Crippen LogP contribution in [0.3, 0.4) is 0 Å². The van der Waals surface area contributed by atoms with Crippen LogP contribution >= 0.6 is 15.9 Å². The SMILES string of the molecule is CCC1CCC(Oc2c(Br)cccc2C(=O)O)CC1. The highest BCUT2D eigenvalue weighted by Crippen LogP contribution is 2.34. The fraction of sp³-hybridized carbons (Fsp3) is 0.533. The second-order valence-corrected chi connectivity index (χ2v) is 5.94. The van der Waals surface area contributed by atoms with Crippen LogP contribution in [-0.2, 0) is 0 Å². The van der Waals surface area contributed by atoms with E-state index in [0.717, 1.165) is 18.8 Å². The van der Waals surface area contributed by atoms with Crippen LogP contribution in [-0.4, -0.2) is 17.2 Å². The summed E-state index contributed by atoms with van der Waals surface area (Å²) >= 11 is 3.38. The van der Waals surface area contributed by atoms with E-state index in [4.69, 9.17) is 4.74 Å². The summed E-state index contributed by atoms with van der Waals surface area (Å²) in [5, 5.41) is 9.20. The normalized spacial score (nSPS) is 23.1. The maximum Gasteiger partial charge on any atom is 0.339 e. The summed E-state index contributed by atoms with van der Waals surface area (Å²) in [5.74, 6) is 0.325. The molecule has 0 aromatic heterocycles. The van der Waals surface area contributed by atoms with Gasteiger partial charge in [-0.2, -0.15) is 0 Å². The van der Waals surface area contributed by atoms with E-state index in [2.05, 4.69) is 22.9 Å². The molecule has 104 valence electrons. The van der Waals surface area contributed by atoms with Crippen molar-refractivity contribution in [1.82, 2.24) is 0 Å². The molecule has 0 unspecified atom stereocenters. The molecule has 0 atom stereocenters. The molecule has 0 aliphatic heterocycles.